The molecule has 3 aliphatic heterocycles. The van der Waals surface area contributed by atoms with Gasteiger partial charge in [0.1, 0.15) is 48.8 Å². The number of nitrogens with one attached hydrogen (secondary N) is 3. The summed E-state index contributed by atoms with van der Waals surface area (Å²) in [5.74, 6) is 4.94. The second-order valence-corrected chi connectivity index (χ2v) is 38.3. The van der Waals surface area contributed by atoms with E-state index < -0.39 is 22.0 Å². The molecule has 3 aliphatic carbocycles. The smallest absolute Gasteiger partial charge is 0.158 e. The van der Waals surface area contributed by atoms with Crippen LogP contribution in [0.3, 0.4) is 0 Å². The number of aromatic nitrogens is 9. The standard InChI is InChI=1S/C24H36ClN7OS2.C20H28ClN7S.C13H26N2OS.C11H11BrClN5S/c1-23(2,3)35(33)30-17-7-6-9-24(17)10-13-32(14-11-24)18-15-28-22(20(26)29-18)34-16-8-12-27-21(19(16)25)31(4)5;1-27(2)18-16(21)13(5-9-24-18)29-19-17(23)26-15(12-25-19)28-10-7-20(8-11-28)6-3-4-14(20)22;1-12(2,3)17(16)15-11-5-4-6-13(11)7-9-14-10-8-13;1-18(2)10-8(13)6(3-4-15-10)19-11-9(14)17-7(12)5-16-11/h8,12,15,17,30H,6-7,9-11,13-14H2,1-5H3,(H2,26,29);5,9,12,14H,3-4,6-8,10-11,22H2,1-2H3,(H2,23,26);11,14-15H,4-10H2,1-3H3;3-5H,1-2H3,(H2,14,17)/t17-,35-;14-;11-,17-;/m111./s1. The largest absolute Gasteiger partial charge is 0.381 e. The van der Waals surface area contributed by atoms with Crippen LogP contribution in [0.4, 0.5) is 46.5 Å². The summed E-state index contributed by atoms with van der Waals surface area (Å²) in [7, 11) is 9.43. The maximum absolute atomic E-state index is 12.7. The molecule has 0 radical (unpaired) electrons. The van der Waals surface area contributed by atoms with Gasteiger partial charge >= 0.3 is 0 Å². The van der Waals surface area contributed by atoms with Crippen LogP contribution in [-0.2, 0) is 22.0 Å². The minimum atomic E-state index is -1.05. The highest BCUT2D eigenvalue weighted by molar-refractivity contribution is 9.10. The van der Waals surface area contributed by atoms with Gasteiger partial charge in [0.15, 0.2) is 17.5 Å². The zero-order valence-electron chi connectivity index (χ0n) is 59.7. The Morgan fingerprint density at radius 2 is 0.860 bits per heavy atom. The van der Waals surface area contributed by atoms with Crippen LogP contribution >= 0.6 is 86.0 Å². The summed E-state index contributed by atoms with van der Waals surface area (Å²) in [6.07, 6.45) is 28.1. The summed E-state index contributed by atoms with van der Waals surface area (Å²) in [5, 5.41) is 7.06. The van der Waals surface area contributed by atoms with Crippen molar-refractivity contribution >= 4 is 155 Å². The van der Waals surface area contributed by atoms with E-state index >= 15 is 0 Å². The number of hydrogen-bond acceptors (Lipinski definition) is 24. The molecule has 23 nitrogen and oxygen atoms in total. The van der Waals surface area contributed by atoms with Crippen LogP contribution < -0.4 is 62.2 Å². The molecule has 6 aromatic heterocycles. The Hall–Kier alpha value is -4.37. The first kappa shape index (κ1) is 79.7. The molecule has 6 fully saturated rings. The molecule has 3 spiro atoms. The molecule has 12 rings (SSSR count). The molecule has 6 aliphatic rings. The molecule has 3 saturated heterocycles. The molecule has 11 N–H and O–H groups in total. The van der Waals surface area contributed by atoms with Crippen LogP contribution in [0.25, 0.3) is 0 Å². The van der Waals surface area contributed by atoms with Gasteiger partial charge in [-0.15, -0.1) is 0 Å². The van der Waals surface area contributed by atoms with Crippen molar-refractivity contribution < 1.29 is 8.42 Å². The van der Waals surface area contributed by atoms with Gasteiger partial charge in [0.25, 0.3) is 0 Å². The monoisotopic (exact) mass is 1590 g/mol. The van der Waals surface area contributed by atoms with Gasteiger partial charge in [-0.3, -0.25) is 0 Å². The summed E-state index contributed by atoms with van der Waals surface area (Å²) in [6, 6.07) is 6.66. The molecule has 0 bridgehead atoms. The Bertz CT molecular complexity index is 3790. The fourth-order valence-electron chi connectivity index (χ4n) is 13.9. The van der Waals surface area contributed by atoms with Gasteiger partial charge in [-0.2, -0.15) is 0 Å². The van der Waals surface area contributed by atoms with Gasteiger partial charge in [-0.1, -0.05) is 89.4 Å². The van der Waals surface area contributed by atoms with E-state index in [4.69, 9.17) is 57.7 Å². The van der Waals surface area contributed by atoms with Crippen LogP contribution in [0.15, 0.2) is 89.7 Å². The van der Waals surface area contributed by atoms with Gasteiger partial charge < -0.3 is 52.8 Å². The SMILES string of the molecule is CC(C)(C)[S@@](=O)N[C@@H]1CCCC12CCNCC2.CN(C)c1nccc(Sc2ncc(Br)nc2N)c1Cl.CN(C)c1nccc(Sc2ncc(N3CCC4(CCC[C@H]4N)CC3)nc2N)c1Cl.CN(C)c1nccc(Sc2ncc(N3CCC4(CCC[C@H]4N[S@](=O)C(C)(C)C)CC3)nc2N)c1Cl. The molecule has 9 heterocycles. The van der Waals surface area contributed by atoms with E-state index in [9.17, 15) is 8.42 Å². The van der Waals surface area contributed by atoms with Crippen molar-refractivity contribution in [2.24, 2.45) is 22.0 Å². The lowest BCUT2D eigenvalue weighted by Crippen LogP contribution is -2.51. The summed E-state index contributed by atoms with van der Waals surface area (Å²) >= 11 is 26.7. The van der Waals surface area contributed by atoms with Crippen LogP contribution in [0.1, 0.15) is 138 Å². The Morgan fingerprint density at radius 1 is 0.520 bits per heavy atom. The maximum Gasteiger partial charge on any atom is 0.158 e. The Balaban J connectivity index is 0.000000162. The van der Waals surface area contributed by atoms with E-state index in [0.717, 1.165) is 104 Å². The summed E-state index contributed by atoms with van der Waals surface area (Å²) in [4.78, 5) is 52.4. The van der Waals surface area contributed by atoms with Crippen molar-refractivity contribution in [3.8, 4) is 0 Å². The van der Waals surface area contributed by atoms with E-state index in [1.54, 1.807) is 31.0 Å². The molecule has 6 aromatic rings. The summed E-state index contributed by atoms with van der Waals surface area (Å²) in [5.41, 5.74) is 25.8. The Kier molecular flexibility index (Phi) is 27.7. The molecule has 5 atom stereocenters. The van der Waals surface area contributed by atoms with Gasteiger partial charge in [0, 0.05) is 120 Å². The Morgan fingerprint density at radius 3 is 1.20 bits per heavy atom. The van der Waals surface area contributed by atoms with Crippen molar-refractivity contribution in [1.29, 1.82) is 0 Å². The zero-order valence-corrected chi connectivity index (χ0v) is 67.7. The van der Waals surface area contributed by atoms with E-state index in [1.165, 1.54) is 93.1 Å². The number of rotatable bonds is 15. The highest BCUT2D eigenvalue weighted by Crippen LogP contribution is 2.50. The highest BCUT2D eigenvalue weighted by atomic mass is 79.9. The molecule has 3 saturated carbocycles. The lowest BCUT2D eigenvalue weighted by atomic mass is 9.74. The van der Waals surface area contributed by atoms with Crippen LogP contribution in [0, 0.1) is 16.2 Å². The van der Waals surface area contributed by atoms with Crippen LogP contribution in [-0.4, -0.2) is 162 Å². The van der Waals surface area contributed by atoms with Crippen molar-refractivity contribution in [3.63, 3.8) is 0 Å². The fourth-order valence-corrected chi connectivity index (χ4v) is 19.7. The number of halogens is 4. The van der Waals surface area contributed by atoms with Crippen molar-refractivity contribution in [1.82, 2.24) is 59.6 Å². The summed E-state index contributed by atoms with van der Waals surface area (Å²) in [6.45, 7) is 18.1. The third-order valence-electron chi connectivity index (χ3n) is 19.8. The van der Waals surface area contributed by atoms with Gasteiger partial charge in [0.2, 0.25) is 0 Å². The molecule has 0 unspecified atom stereocenters. The van der Waals surface area contributed by atoms with E-state index in [0.29, 0.717) is 98.6 Å². The molecule has 32 heteroatoms. The minimum absolute atomic E-state index is 0.156. The van der Waals surface area contributed by atoms with Gasteiger partial charge in [0.05, 0.1) is 65.1 Å². The number of pyridine rings is 3. The predicted octanol–water partition coefficient (Wildman–Crippen LogP) is 13.0. The predicted molar refractivity (Wildman–Crippen MR) is 422 cm³/mol. The molecular formula is C68H101BrCl3N21O2S5. The number of nitrogen functional groups attached to an aromatic ring is 3. The molecule has 0 amide bonds. The van der Waals surface area contributed by atoms with Crippen molar-refractivity contribution in [3.05, 3.63) is 75.1 Å². The average Bonchev–Trinajstić information content (AvgIpc) is 1.57. The third kappa shape index (κ3) is 19.8. The van der Waals surface area contributed by atoms with Crippen LogP contribution in [0.2, 0.25) is 15.1 Å². The first-order valence-corrected chi connectivity index (χ1v) is 40.8. The lowest BCUT2D eigenvalue weighted by molar-refractivity contribution is 0.175. The number of anilines is 8. The lowest BCUT2D eigenvalue weighted by Gasteiger charge is -2.44. The van der Waals surface area contributed by atoms with Crippen molar-refractivity contribution in [2.75, 3.05) is 123 Å². The van der Waals surface area contributed by atoms with E-state index in [-0.39, 0.29) is 14.9 Å². The van der Waals surface area contributed by atoms with Crippen molar-refractivity contribution in [2.45, 2.75) is 195 Å². The zero-order chi connectivity index (χ0) is 72.5. The normalized spacial score (nSPS) is 20.6. The highest BCUT2D eigenvalue weighted by Gasteiger charge is 2.48. The number of hydrogen-bond donors (Lipinski definition) is 7. The first-order valence-electron chi connectivity index (χ1n) is 34.2. The molecular weight excluding hydrogens is 1490 g/mol. The fraction of sp³-hybridized carbons (Fsp3) is 0.603. The van der Waals surface area contributed by atoms with Crippen LogP contribution in [0.5, 0.6) is 0 Å². The number of nitrogens with zero attached hydrogens (tertiary/aromatic N) is 14. The van der Waals surface area contributed by atoms with Gasteiger partial charge in [-0.05, 0) is 182 Å². The third-order valence-corrected chi connectivity index (χ3v) is 28.1. The second-order valence-electron chi connectivity index (χ2n) is 29.2. The topological polar surface area (TPSA) is 307 Å². The average molecular weight is 1590 g/mol. The summed E-state index contributed by atoms with van der Waals surface area (Å²) < 4.78 is 32.1. The minimum Gasteiger partial charge on any atom is -0.381 e. The Labute approximate surface area is 633 Å². The van der Waals surface area contributed by atoms with E-state index in [1.807, 2.05) is 123 Å². The molecule has 548 valence electrons. The molecule has 100 heavy (non-hydrogen) atoms. The number of piperidine rings is 3. The first-order chi connectivity index (χ1) is 47.3. The second kappa shape index (κ2) is 34.7. The quantitative estimate of drug-likeness (QED) is 0.0502. The number of nitrogens with two attached hydrogens (primary N) is 4. The molecule has 0 aromatic carbocycles. The van der Waals surface area contributed by atoms with E-state index in [2.05, 4.69) is 85.3 Å². The van der Waals surface area contributed by atoms with Gasteiger partial charge in [-0.25, -0.2) is 62.7 Å². The maximum atomic E-state index is 12.7.